The molecular formula is C17H15ClF3N3O4. The summed E-state index contributed by atoms with van der Waals surface area (Å²) in [6.45, 7) is 3.80. The van der Waals surface area contributed by atoms with Crippen LogP contribution >= 0.6 is 11.6 Å². The average Bonchev–Trinajstić information content (AvgIpc) is 2.88. The number of esters is 1. The van der Waals surface area contributed by atoms with E-state index in [1.54, 1.807) is 13.8 Å². The molecule has 2 heterocycles. The van der Waals surface area contributed by atoms with Crippen LogP contribution in [0.1, 0.15) is 44.6 Å². The van der Waals surface area contributed by atoms with Crippen LogP contribution in [0.3, 0.4) is 0 Å². The van der Waals surface area contributed by atoms with Gasteiger partial charge in [0.15, 0.2) is 18.2 Å². The Bertz CT molecular complexity index is 954. The van der Waals surface area contributed by atoms with E-state index in [4.69, 9.17) is 16.3 Å². The van der Waals surface area contributed by atoms with Crippen molar-refractivity contribution in [2.75, 3.05) is 11.9 Å². The van der Waals surface area contributed by atoms with Crippen LogP contribution in [-0.4, -0.2) is 34.2 Å². The molecule has 0 fully saturated rings. The van der Waals surface area contributed by atoms with E-state index in [2.05, 4.69) is 15.3 Å². The van der Waals surface area contributed by atoms with Gasteiger partial charge in [-0.3, -0.25) is 9.59 Å². The topological polar surface area (TPSA) is 101 Å². The number of hydrogen-bond donors (Lipinski definition) is 2. The van der Waals surface area contributed by atoms with Gasteiger partial charge >= 0.3 is 12.1 Å². The number of H-pyrrole nitrogens is 1. The number of aromatic amines is 1. The normalized spacial score (nSPS) is 11.2. The van der Waals surface area contributed by atoms with Crippen LogP contribution in [0.25, 0.3) is 0 Å². The number of nitrogens with one attached hydrogen (secondary N) is 2. The van der Waals surface area contributed by atoms with Crippen LogP contribution in [0.15, 0.2) is 12.3 Å². The van der Waals surface area contributed by atoms with Gasteiger partial charge in [0.1, 0.15) is 5.69 Å². The van der Waals surface area contributed by atoms with Gasteiger partial charge in [0.05, 0.1) is 10.6 Å². The molecule has 28 heavy (non-hydrogen) atoms. The van der Waals surface area contributed by atoms with Gasteiger partial charge in [-0.25, -0.2) is 9.78 Å². The molecule has 0 radical (unpaired) electrons. The molecule has 7 nitrogen and oxygen atoms in total. The Labute approximate surface area is 162 Å². The number of anilines is 1. The number of rotatable bonds is 5. The van der Waals surface area contributed by atoms with Crippen LogP contribution < -0.4 is 5.32 Å². The summed E-state index contributed by atoms with van der Waals surface area (Å²) in [7, 11) is 0. The molecule has 2 rings (SSSR count). The first-order valence-electron chi connectivity index (χ1n) is 7.81. The standard InChI is InChI=1S/C17H15ClF3N3O4/c1-7-13(9(3)25)8(2)23-14(7)16(27)28-6-12(26)24-15-11(18)4-10(5-22-15)17(19,20)21/h4-5,23H,6H2,1-3H3,(H,22,24,26). The molecule has 1 amide bonds. The second-order valence-corrected chi connectivity index (χ2v) is 6.26. The van der Waals surface area contributed by atoms with E-state index < -0.39 is 35.2 Å². The third-order valence-corrected chi connectivity index (χ3v) is 4.04. The van der Waals surface area contributed by atoms with Crippen molar-refractivity contribution in [3.05, 3.63) is 45.4 Å². The van der Waals surface area contributed by atoms with E-state index in [-0.39, 0.29) is 17.3 Å². The quantitative estimate of drug-likeness (QED) is 0.570. The lowest BCUT2D eigenvalue weighted by molar-refractivity contribution is -0.137. The molecule has 0 bridgehead atoms. The molecular weight excluding hydrogens is 403 g/mol. The number of halogens is 4. The molecule has 0 aliphatic heterocycles. The van der Waals surface area contributed by atoms with E-state index in [1.807, 2.05) is 0 Å². The minimum absolute atomic E-state index is 0.0289. The van der Waals surface area contributed by atoms with E-state index in [0.29, 0.717) is 29.1 Å². The van der Waals surface area contributed by atoms with Crippen molar-refractivity contribution in [3.8, 4) is 0 Å². The number of carbonyl (C=O) groups is 3. The number of pyridine rings is 1. The minimum Gasteiger partial charge on any atom is -0.451 e. The summed E-state index contributed by atoms with van der Waals surface area (Å²) >= 11 is 5.69. The van der Waals surface area contributed by atoms with Gasteiger partial charge in [-0.2, -0.15) is 13.2 Å². The Morgan fingerprint density at radius 2 is 1.93 bits per heavy atom. The first-order valence-corrected chi connectivity index (χ1v) is 8.19. The smallest absolute Gasteiger partial charge is 0.417 e. The zero-order chi connectivity index (χ0) is 21.2. The predicted molar refractivity (Wildman–Crippen MR) is 93.4 cm³/mol. The maximum absolute atomic E-state index is 12.6. The average molecular weight is 418 g/mol. The predicted octanol–water partition coefficient (Wildman–Crippen LogP) is 3.70. The molecule has 0 saturated carbocycles. The number of ether oxygens (including phenoxy) is 1. The molecule has 0 aromatic carbocycles. The molecule has 0 saturated heterocycles. The third-order valence-electron chi connectivity index (χ3n) is 3.75. The van der Waals surface area contributed by atoms with E-state index in [9.17, 15) is 27.6 Å². The van der Waals surface area contributed by atoms with Crippen LogP contribution in [0, 0.1) is 13.8 Å². The molecule has 2 N–H and O–H groups in total. The monoisotopic (exact) mass is 417 g/mol. The summed E-state index contributed by atoms with van der Waals surface area (Å²) in [6.07, 6.45) is -4.11. The van der Waals surface area contributed by atoms with Crippen molar-refractivity contribution in [1.82, 2.24) is 9.97 Å². The van der Waals surface area contributed by atoms with Crippen molar-refractivity contribution in [3.63, 3.8) is 0 Å². The Hall–Kier alpha value is -2.88. The fourth-order valence-electron chi connectivity index (χ4n) is 2.54. The number of ketones is 1. The van der Waals surface area contributed by atoms with Gasteiger partial charge in [-0.1, -0.05) is 11.6 Å². The molecule has 0 aliphatic carbocycles. The summed E-state index contributed by atoms with van der Waals surface area (Å²) in [5.74, 6) is -2.25. The molecule has 0 unspecified atom stereocenters. The Kier molecular flexibility index (Phi) is 6.13. The molecule has 11 heteroatoms. The fraction of sp³-hybridized carbons (Fsp3) is 0.294. The zero-order valence-corrected chi connectivity index (χ0v) is 15.7. The van der Waals surface area contributed by atoms with Crippen molar-refractivity contribution < 1.29 is 32.3 Å². The van der Waals surface area contributed by atoms with Gasteiger partial charge in [0, 0.05) is 17.5 Å². The number of nitrogens with zero attached hydrogens (tertiary/aromatic N) is 1. The fourth-order valence-corrected chi connectivity index (χ4v) is 2.75. The highest BCUT2D eigenvalue weighted by Gasteiger charge is 2.31. The lowest BCUT2D eigenvalue weighted by Crippen LogP contribution is -2.22. The molecule has 2 aromatic rings. The molecule has 0 spiro atoms. The number of hydrogen-bond acceptors (Lipinski definition) is 5. The molecule has 0 aliphatic rings. The zero-order valence-electron chi connectivity index (χ0n) is 15.0. The van der Waals surface area contributed by atoms with Crippen LogP contribution in [0.2, 0.25) is 5.02 Å². The van der Waals surface area contributed by atoms with E-state index in [0.717, 1.165) is 0 Å². The summed E-state index contributed by atoms with van der Waals surface area (Å²) in [5, 5.41) is 1.73. The van der Waals surface area contributed by atoms with E-state index in [1.165, 1.54) is 6.92 Å². The number of aryl methyl sites for hydroxylation is 1. The third kappa shape index (κ3) is 4.69. The minimum atomic E-state index is -4.63. The second-order valence-electron chi connectivity index (χ2n) is 5.86. The van der Waals surface area contributed by atoms with Crippen molar-refractivity contribution >= 4 is 35.1 Å². The van der Waals surface area contributed by atoms with Crippen molar-refractivity contribution in [2.45, 2.75) is 26.9 Å². The largest absolute Gasteiger partial charge is 0.451 e. The van der Waals surface area contributed by atoms with Gasteiger partial charge in [0.2, 0.25) is 0 Å². The first-order chi connectivity index (χ1) is 12.9. The molecule has 2 aromatic heterocycles. The molecule has 150 valence electrons. The lowest BCUT2D eigenvalue weighted by Gasteiger charge is -2.10. The SMILES string of the molecule is CC(=O)c1c(C)[nH]c(C(=O)OCC(=O)Nc2ncc(C(F)(F)F)cc2Cl)c1C. The maximum atomic E-state index is 12.6. The highest BCUT2D eigenvalue weighted by Crippen LogP contribution is 2.32. The maximum Gasteiger partial charge on any atom is 0.417 e. The highest BCUT2D eigenvalue weighted by molar-refractivity contribution is 6.33. The van der Waals surface area contributed by atoms with Crippen molar-refractivity contribution in [1.29, 1.82) is 0 Å². The number of Topliss-reactive ketones (excluding diaryl/α,β-unsaturated/α-hetero) is 1. The first kappa shape index (κ1) is 21.4. The van der Waals surface area contributed by atoms with Gasteiger partial charge in [0.25, 0.3) is 5.91 Å². The van der Waals surface area contributed by atoms with Gasteiger partial charge in [-0.05, 0) is 32.4 Å². The Morgan fingerprint density at radius 1 is 1.29 bits per heavy atom. The summed E-state index contributed by atoms with van der Waals surface area (Å²) in [4.78, 5) is 41.8. The summed E-state index contributed by atoms with van der Waals surface area (Å²) in [5.41, 5.74) is 0.198. The number of carbonyl (C=O) groups excluding carboxylic acids is 3. The van der Waals surface area contributed by atoms with Gasteiger partial charge < -0.3 is 15.0 Å². The second kappa shape index (κ2) is 8.01. The van der Waals surface area contributed by atoms with Gasteiger partial charge in [-0.15, -0.1) is 0 Å². The van der Waals surface area contributed by atoms with E-state index >= 15 is 0 Å². The lowest BCUT2D eigenvalue weighted by atomic mass is 10.1. The van der Waals surface area contributed by atoms with Crippen LogP contribution in [0.4, 0.5) is 19.0 Å². The highest BCUT2D eigenvalue weighted by atomic mass is 35.5. The number of amides is 1. The molecule has 0 atom stereocenters. The summed E-state index contributed by atoms with van der Waals surface area (Å²) < 4.78 is 42.6. The Morgan fingerprint density at radius 3 is 2.43 bits per heavy atom. The number of alkyl halides is 3. The number of aromatic nitrogens is 2. The Balaban J connectivity index is 2.02. The summed E-state index contributed by atoms with van der Waals surface area (Å²) in [6, 6.07) is 0.616. The van der Waals surface area contributed by atoms with Crippen LogP contribution in [-0.2, 0) is 15.7 Å². The van der Waals surface area contributed by atoms with Crippen LogP contribution in [0.5, 0.6) is 0 Å². The van der Waals surface area contributed by atoms with Crippen molar-refractivity contribution in [2.24, 2.45) is 0 Å².